The van der Waals surface area contributed by atoms with E-state index in [1.807, 2.05) is 63.6 Å². The van der Waals surface area contributed by atoms with Crippen LogP contribution in [0.5, 0.6) is 0 Å². The van der Waals surface area contributed by atoms with Crippen LogP contribution >= 0.6 is 11.6 Å². The summed E-state index contributed by atoms with van der Waals surface area (Å²) >= 11 is 6.60. The predicted molar refractivity (Wildman–Crippen MR) is 164 cm³/mol. The molecule has 3 aromatic heterocycles. The molecule has 6 rings (SSSR count). The second-order valence-electron chi connectivity index (χ2n) is 11.6. The Balaban J connectivity index is 1.14. The van der Waals surface area contributed by atoms with Gasteiger partial charge in [-0.1, -0.05) is 48.0 Å². The molecule has 1 saturated heterocycles. The number of furan rings is 1. The summed E-state index contributed by atoms with van der Waals surface area (Å²) in [5.41, 5.74) is 4.54. The number of halogens is 1. The van der Waals surface area contributed by atoms with Crippen LogP contribution in [0, 0.1) is 0 Å². The van der Waals surface area contributed by atoms with E-state index in [9.17, 15) is 9.90 Å². The first-order valence-corrected chi connectivity index (χ1v) is 14.5. The fourth-order valence-corrected chi connectivity index (χ4v) is 6.02. The minimum absolute atomic E-state index is 0.173. The number of nitrogens with zero attached hydrogens (tertiary/aromatic N) is 6. The molecule has 0 spiro atoms. The molecule has 218 valence electrons. The molecule has 0 saturated carbocycles. The van der Waals surface area contributed by atoms with Crippen molar-refractivity contribution in [2.24, 2.45) is 7.05 Å². The zero-order chi connectivity index (χ0) is 29.4. The van der Waals surface area contributed by atoms with Crippen LogP contribution in [0.1, 0.15) is 24.0 Å². The van der Waals surface area contributed by atoms with E-state index < -0.39 is 5.60 Å². The van der Waals surface area contributed by atoms with Crippen LogP contribution in [-0.4, -0.2) is 67.0 Å². The Bertz CT molecular complexity index is 1750. The highest BCUT2D eigenvalue weighted by molar-refractivity contribution is 6.31. The smallest absolute Gasteiger partial charge is 0.281 e. The van der Waals surface area contributed by atoms with E-state index in [2.05, 4.69) is 32.0 Å². The summed E-state index contributed by atoms with van der Waals surface area (Å²) < 4.78 is 8.69. The quantitative estimate of drug-likeness (QED) is 0.279. The number of fused-ring (bicyclic) bond motifs is 1. The third-order valence-corrected chi connectivity index (χ3v) is 8.39. The Morgan fingerprint density at radius 2 is 1.79 bits per heavy atom. The van der Waals surface area contributed by atoms with Crippen LogP contribution in [0.15, 0.2) is 76.4 Å². The number of aromatic nitrogens is 4. The topological polar surface area (TPSA) is 92.6 Å². The third-order valence-electron chi connectivity index (χ3n) is 8.04. The molecule has 0 atom stereocenters. The Morgan fingerprint density at radius 1 is 1.05 bits per heavy atom. The standard InChI is InChI=1S/C32H35ClN6O3/c1-36(2)18-22-6-8-23(9-7-22)30-28-29(35-37(30)3)31(40)39(21-34-28)20-32(41)12-14-38(15-13-32)19-25-11-10-24(17-26(25)33)27-5-4-16-42-27/h4-11,16-17,21,41H,12-15,18-20H2,1-3H3. The molecule has 10 heteroatoms. The molecule has 0 bridgehead atoms. The summed E-state index contributed by atoms with van der Waals surface area (Å²) in [6.45, 7) is 3.09. The van der Waals surface area contributed by atoms with Gasteiger partial charge >= 0.3 is 0 Å². The van der Waals surface area contributed by atoms with Crippen LogP contribution in [0.3, 0.4) is 0 Å². The van der Waals surface area contributed by atoms with Gasteiger partial charge in [-0.2, -0.15) is 5.10 Å². The van der Waals surface area contributed by atoms with E-state index in [1.54, 1.807) is 17.3 Å². The lowest BCUT2D eigenvalue weighted by atomic mass is 9.91. The van der Waals surface area contributed by atoms with Crippen molar-refractivity contribution in [1.82, 2.24) is 29.1 Å². The Kier molecular flexibility index (Phi) is 7.76. The van der Waals surface area contributed by atoms with Gasteiger partial charge in [0.1, 0.15) is 11.3 Å². The zero-order valence-corrected chi connectivity index (χ0v) is 24.9. The van der Waals surface area contributed by atoms with Crippen molar-refractivity contribution < 1.29 is 9.52 Å². The molecule has 4 heterocycles. The van der Waals surface area contributed by atoms with Gasteiger partial charge in [-0.3, -0.25) is 18.9 Å². The molecule has 0 amide bonds. The van der Waals surface area contributed by atoms with Gasteiger partial charge < -0.3 is 14.4 Å². The van der Waals surface area contributed by atoms with Crippen LogP contribution in [-0.2, 0) is 26.7 Å². The van der Waals surface area contributed by atoms with Crippen LogP contribution in [0.2, 0.25) is 5.02 Å². The van der Waals surface area contributed by atoms with Gasteiger partial charge in [0.15, 0.2) is 5.52 Å². The number of hydrogen-bond donors (Lipinski definition) is 1. The van der Waals surface area contributed by atoms with Crippen LogP contribution < -0.4 is 5.56 Å². The average molecular weight is 587 g/mol. The summed E-state index contributed by atoms with van der Waals surface area (Å²) in [5, 5.41) is 16.7. The van der Waals surface area contributed by atoms with Crippen molar-refractivity contribution in [3.05, 3.63) is 93.7 Å². The molecular weight excluding hydrogens is 552 g/mol. The van der Waals surface area contributed by atoms with Gasteiger partial charge in [-0.15, -0.1) is 0 Å². The van der Waals surface area contributed by atoms with Crippen molar-refractivity contribution in [3.8, 4) is 22.6 Å². The molecule has 5 aromatic rings. The monoisotopic (exact) mass is 586 g/mol. The van der Waals surface area contributed by atoms with Gasteiger partial charge in [0.25, 0.3) is 5.56 Å². The van der Waals surface area contributed by atoms with E-state index in [4.69, 9.17) is 16.0 Å². The van der Waals surface area contributed by atoms with E-state index in [0.29, 0.717) is 48.5 Å². The van der Waals surface area contributed by atoms with Gasteiger partial charge in [-0.25, -0.2) is 4.98 Å². The van der Waals surface area contributed by atoms with Gasteiger partial charge in [0.2, 0.25) is 0 Å². The first-order chi connectivity index (χ1) is 20.2. The molecule has 1 N–H and O–H groups in total. The molecule has 0 unspecified atom stereocenters. The van der Waals surface area contributed by atoms with E-state index in [0.717, 1.165) is 34.7 Å². The lowest BCUT2D eigenvalue weighted by Gasteiger charge is -2.38. The molecule has 2 aromatic carbocycles. The maximum absolute atomic E-state index is 13.5. The van der Waals surface area contributed by atoms with Crippen LogP contribution in [0.4, 0.5) is 0 Å². The Morgan fingerprint density at radius 3 is 2.45 bits per heavy atom. The molecule has 0 radical (unpaired) electrons. The lowest BCUT2D eigenvalue weighted by molar-refractivity contribution is -0.0364. The highest BCUT2D eigenvalue weighted by Gasteiger charge is 2.33. The summed E-state index contributed by atoms with van der Waals surface area (Å²) in [7, 11) is 5.90. The average Bonchev–Trinajstić information content (AvgIpc) is 3.61. The molecule has 1 aliphatic rings. The number of piperidine rings is 1. The summed E-state index contributed by atoms with van der Waals surface area (Å²) in [4.78, 5) is 22.5. The summed E-state index contributed by atoms with van der Waals surface area (Å²) in [6, 6.07) is 18.0. The number of hydrogen-bond acceptors (Lipinski definition) is 7. The number of aliphatic hydroxyl groups is 1. The highest BCUT2D eigenvalue weighted by Crippen LogP contribution is 2.30. The Hall–Kier alpha value is -3.76. The minimum Gasteiger partial charge on any atom is -0.464 e. The lowest BCUT2D eigenvalue weighted by Crippen LogP contribution is -2.47. The Labute approximate surface area is 249 Å². The predicted octanol–water partition coefficient (Wildman–Crippen LogP) is 4.80. The molecule has 1 aliphatic heterocycles. The van der Waals surface area contributed by atoms with E-state index in [1.165, 1.54) is 10.1 Å². The van der Waals surface area contributed by atoms with Crippen molar-refractivity contribution in [1.29, 1.82) is 0 Å². The highest BCUT2D eigenvalue weighted by atomic mass is 35.5. The van der Waals surface area contributed by atoms with Crippen LogP contribution in [0.25, 0.3) is 33.6 Å². The fourth-order valence-electron chi connectivity index (χ4n) is 5.78. The third kappa shape index (κ3) is 5.78. The van der Waals surface area contributed by atoms with Crippen molar-refractivity contribution in [3.63, 3.8) is 0 Å². The second-order valence-corrected chi connectivity index (χ2v) is 12.0. The van der Waals surface area contributed by atoms with Gasteiger partial charge in [0, 0.05) is 49.4 Å². The molecular formula is C32H35ClN6O3. The van der Waals surface area contributed by atoms with Gasteiger partial charge in [-0.05, 0) is 56.3 Å². The molecule has 0 aliphatic carbocycles. The summed E-state index contributed by atoms with van der Waals surface area (Å²) in [6.07, 6.45) is 4.26. The first-order valence-electron chi connectivity index (χ1n) is 14.1. The largest absolute Gasteiger partial charge is 0.464 e. The van der Waals surface area contributed by atoms with E-state index >= 15 is 0 Å². The first kappa shape index (κ1) is 28.4. The van der Waals surface area contributed by atoms with Crippen molar-refractivity contribution in [2.45, 2.75) is 38.1 Å². The van der Waals surface area contributed by atoms with E-state index in [-0.39, 0.29) is 12.1 Å². The minimum atomic E-state index is -1.01. The second kappa shape index (κ2) is 11.5. The SMILES string of the molecule is CN(C)Cc1ccc(-c2c3ncn(CC4(O)CCN(Cc5ccc(-c6ccco6)cc5Cl)CC4)c(=O)c3nn2C)cc1. The number of likely N-dealkylation sites (tertiary alicyclic amines) is 1. The van der Waals surface area contributed by atoms with Crippen molar-refractivity contribution in [2.75, 3.05) is 27.2 Å². The normalized spacial score (nSPS) is 15.6. The molecule has 1 fully saturated rings. The molecule has 42 heavy (non-hydrogen) atoms. The number of aryl methyl sites for hydroxylation is 1. The summed E-state index contributed by atoms with van der Waals surface area (Å²) in [5.74, 6) is 0.783. The maximum Gasteiger partial charge on any atom is 0.281 e. The maximum atomic E-state index is 13.5. The number of benzene rings is 2. The fraction of sp³-hybridized carbons (Fsp3) is 0.344. The zero-order valence-electron chi connectivity index (χ0n) is 24.1. The number of rotatable bonds is 8. The van der Waals surface area contributed by atoms with Gasteiger partial charge in [0.05, 0.1) is 30.4 Å². The van der Waals surface area contributed by atoms with Crippen molar-refractivity contribution >= 4 is 22.6 Å². The molecule has 9 nitrogen and oxygen atoms in total.